The molecule has 15 heavy (non-hydrogen) atoms. The molecule has 4 nitrogen and oxygen atoms in total. The van der Waals surface area contributed by atoms with E-state index in [0.29, 0.717) is 6.61 Å². The molecule has 0 aliphatic rings. The van der Waals surface area contributed by atoms with Gasteiger partial charge < -0.3 is 14.8 Å². The Hall–Kier alpha value is -0.770. The van der Waals surface area contributed by atoms with Crippen LogP contribution < -0.4 is 5.32 Å². The van der Waals surface area contributed by atoms with Crippen molar-refractivity contribution in [2.75, 3.05) is 13.7 Å². The first-order valence-corrected chi connectivity index (χ1v) is 5.24. The molecular weight excluding hydrogens is 194 g/mol. The van der Waals surface area contributed by atoms with E-state index in [4.69, 9.17) is 9.47 Å². The minimum Gasteiger partial charge on any atom is -0.444 e. The molecule has 0 aromatic heterocycles. The van der Waals surface area contributed by atoms with E-state index in [2.05, 4.69) is 5.32 Å². The van der Waals surface area contributed by atoms with Crippen molar-refractivity contribution in [3.05, 3.63) is 0 Å². The fraction of sp³-hybridized carbons (Fsp3) is 0.909. The van der Waals surface area contributed by atoms with Crippen LogP contribution in [-0.4, -0.2) is 31.5 Å². The summed E-state index contributed by atoms with van der Waals surface area (Å²) >= 11 is 0. The summed E-state index contributed by atoms with van der Waals surface area (Å²) in [5.74, 6) is 0.266. The van der Waals surface area contributed by atoms with E-state index in [9.17, 15) is 4.79 Å². The predicted molar refractivity (Wildman–Crippen MR) is 59.9 cm³/mol. The van der Waals surface area contributed by atoms with Crippen LogP contribution in [0.4, 0.5) is 4.79 Å². The molecule has 0 bridgehead atoms. The number of nitrogens with one attached hydrogen (secondary N) is 1. The average Bonchev–Trinajstić information content (AvgIpc) is 2.00. The summed E-state index contributed by atoms with van der Waals surface area (Å²) in [5, 5.41) is 2.78. The molecule has 1 amide bonds. The summed E-state index contributed by atoms with van der Waals surface area (Å²) in [7, 11) is 1.65. The number of amides is 1. The first-order chi connectivity index (χ1) is 6.76. The molecular formula is C11H23NO3. The molecule has 0 saturated heterocycles. The molecule has 0 radical (unpaired) electrons. The van der Waals surface area contributed by atoms with Gasteiger partial charge in [-0.1, -0.05) is 6.92 Å². The molecule has 90 valence electrons. The number of alkyl carbamates (subject to hydrolysis) is 1. The number of rotatable bonds is 4. The van der Waals surface area contributed by atoms with Crippen LogP contribution in [-0.2, 0) is 9.47 Å². The number of carbonyl (C=O) groups excluding carboxylic acids is 1. The molecule has 2 unspecified atom stereocenters. The van der Waals surface area contributed by atoms with Gasteiger partial charge >= 0.3 is 6.09 Å². The average molecular weight is 217 g/mol. The Balaban J connectivity index is 3.96. The van der Waals surface area contributed by atoms with Crippen LogP contribution in [0.15, 0.2) is 0 Å². The molecule has 2 atom stereocenters. The van der Waals surface area contributed by atoms with E-state index in [0.717, 1.165) is 0 Å². The van der Waals surface area contributed by atoms with Gasteiger partial charge in [0.25, 0.3) is 0 Å². The third-order valence-corrected chi connectivity index (χ3v) is 2.03. The lowest BCUT2D eigenvalue weighted by atomic mass is 10.1. The van der Waals surface area contributed by atoms with Crippen LogP contribution in [0, 0.1) is 5.92 Å². The Morgan fingerprint density at radius 1 is 1.33 bits per heavy atom. The summed E-state index contributed by atoms with van der Waals surface area (Å²) < 4.78 is 10.2. The zero-order chi connectivity index (χ0) is 12.1. The van der Waals surface area contributed by atoms with Gasteiger partial charge in [-0.25, -0.2) is 4.79 Å². The lowest BCUT2D eigenvalue weighted by molar-refractivity contribution is 0.0473. The molecule has 0 fully saturated rings. The van der Waals surface area contributed by atoms with Crippen LogP contribution in [0.1, 0.15) is 34.6 Å². The number of hydrogen-bond donors (Lipinski definition) is 1. The van der Waals surface area contributed by atoms with Crippen molar-refractivity contribution in [2.24, 2.45) is 5.92 Å². The minimum absolute atomic E-state index is 0.0415. The van der Waals surface area contributed by atoms with E-state index < -0.39 is 5.60 Å². The topological polar surface area (TPSA) is 47.6 Å². The van der Waals surface area contributed by atoms with Gasteiger partial charge in [0.2, 0.25) is 0 Å². The third-order valence-electron chi connectivity index (χ3n) is 2.03. The summed E-state index contributed by atoms with van der Waals surface area (Å²) in [6, 6.07) is 0.0415. The molecule has 0 aliphatic carbocycles. The van der Waals surface area contributed by atoms with Crippen LogP contribution in [0.5, 0.6) is 0 Å². The zero-order valence-electron chi connectivity index (χ0n) is 10.6. The van der Waals surface area contributed by atoms with E-state index in [1.54, 1.807) is 7.11 Å². The van der Waals surface area contributed by atoms with Gasteiger partial charge in [0.05, 0.1) is 6.61 Å². The summed E-state index contributed by atoms with van der Waals surface area (Å²) in [4.78, 5) is 11.4. The smallest absolute Gasteiger partial charge is 0.407 e. The van der Waals surface area contributed by atoms with Gasteiger partial charge in [-0.05, 0) is 33.6 Å². The second kappa shape index (κ2) is 5.95. The third kappa shape index (κ3) is 7.19. The first-order valence-electron chi connectivity index (χ1n) is 5.24. The fourth-order valence-corrected chi connectivity index (χ4v) is 1.04. The highest BCUT2D eigenvalue weighted by molar-refractivity contribution is 5.68. The molecule has 1 N–H and O–H groups in total. The maximum absolute atomic E-state index is 11.4. The van der Waals surface area contributed by atoms with E-state index in [1.807, 2.05) is 34.6 Å². The predicted octanol–water partition coefficient (Wildman–Crippen LogP) is 2.18. The van der Waals surface area contributed by atoms with Crippen molar-refractivity contribution in [3.63, 3.8) is 0 Å². The van der Waals surface area contributed by atoms with Crippen LogP contribution in [0.3, 0.4) is 0 Å². The second-order valence-corrected chi connectivity index (χ2v) is 4.87. The summed E-state index contributed by atoms with van der Waals surface area (Å²) in [6.45, 7) is 10.1. The Morgan fingerprint density at radius 2 is 1.87 bits per heavy atom. The van der Waals surface area contributed by atoms with Crippen molar-refractivity contribution < 1.29 is 14.3 Å². The summed E-state index contributed by atoms with van der Waals surface area (Å²) in [6.07, 6.45) is -0.377. The van der Waals surface area contributed by atoms with Gasteiger partial charge in [0, 0.05) is 13.2 Å². The molecule has 0 spiro atoms. The quantitative estimate of drug-likeness (QED) is 0.785. The highest BCUT2D eigenvalue weighted by Gasteiger charge is 2.20. The van der Waals surface area contributed by atoms with Gasteiger partial charge in [-0.2, -0.15) is 0 Å². The lowest BCUT2D eigenvalue weighted by Gasteiger charge is -2.24. The molecule has 0 aliphatic heterocycles. The maximum atomic E-state index is 11.4. The Labute approximate surface area is 92.3 Å². The van der Waals surface area contributed by atoms with Crippen LogP contribution in [0.25, 0.3) is 0 Å². The van der Waals surface area contributed by atoms with Crippen molar-refractivity contribution in [2.45, 2.75) is 46.3 Å². The number of hydrogen-bond acceptors (Lipinski definition) is 3. The van der Waals surface area contributed by atoms with Gasteiger partial charge in [0.1, 0.15) is 5.60 Å². The van der Waals surface area contributed by atoms with Gasteiger partial charge in [-0.15, -0.1) is 0 Å². The van der Waals surface area contributed by atoms with Crippen molar-refractivity contribution in [3.8, 4) is 0 Å². The zero-order valence-corrected chi connectivity index (χ0v) is 10.6. The molecule has 0 rings (SSSR count). The van der Waals surface area contributed by atoms with E-state index in [1.165, 1.54) is 0 Å². The molecule has 0 aromatic carbocycles. The monoisotopic (exact) mass is 217 g/mol. The fourth-order valence-electron chi connectivity index (χ4n) is 1.04. The Bertz CT molecular complexity index is 198. The number of ether oxygens (including phenoxy) is 2. The highest BCUT2D eigenvalue weighted by Crippen LogP contribution is 2.08. The normalized spacial score (nSPS) is 15.6. The SMILES string of the molecule is COCC(C)C(C)NC(=O)OC(C)(C)C. The second-order valence-electron chi connectivity index (χ2n) is 4.87. The minimum atomic E-state index is -0.450. The van der Waals surface area contributed by atoms with Gasteiger partial charge in [0.15, 0.2) is 0 Å². The number of methoxy groups -OCH3 is 1. The van der Waals surface area contributed by atoms with Crippen molar-refractivity contribution >= 4 is 6.09 Å². The first kappa shape index (κ1) is 14.2. The summed E-state index contributed by atoms with van der Waals surface area (Å²) in [5.41, 5.74) is -0.450. The standard InChI is InChI=1S/C11H23NO3/c1-8(7-14-6)9(2)12-10(13)15-11(3,4)5/h8-9H,7H2,1-6H3,(H,12,13). The largest absolute Gasteiger partial charge is 0.444 e. The van der Waals surface area contributed by atoms with E-state index in [-0.39, 0.29) is 18.1 Å². The molecule has 0 saturated carbocycles. The molecule has 4 heteroatoms. The van der Waals surface area contributed by atoms with Gasteiger partial charge in [-0.3, -0.25) is 0 Å². The van der Waals surface area contributed by atoms with E-state index >= 15 is 0 Å². The highest BCUT2D eigenvalue weighted by atomic mass is 16.6. The maximum Gasteiger partial charge on any atom is 0.407 e. The Kier molecular flexibility index (Phi) is 5.65. The molecule has 0 aromatic rings. The van der Waals surface area contributed by atoms with Crippen LogP contribution in [0.2, 0.25) is 0 Å². The Morgan fingerprint density at radius 3 is 2.27 bits per heavy atom. The van der Waals surface area contributed by atoms with Crippen molar-refractivity contribution in [1.29, 1.82) is 0 Å². The van der Waals surface area contributed by atoms with Crippen molar-refractivity contribution in [1.82, 2.24) is 5.32 Å². The van der Waals surface area contributed by atoms with Crippen LogP contribution >= 0.6 is 0 Å². The number of carbonyl (C=O) groups is 1. The lowest BCUT2D eigenvalue weighted by Crippen LogP contribution is -2.41. The molecule has 0 heterocycles.